The molecule has 0 radical (unpaired) electrons. The zero-order chi connectivity index (χ0) is 21.9. The molecule has 2 rings (SSSR count). The van der Waals surface area contributed by atoms with E-state index in [-0.39, 0.29) is 15.1 Å². The van der Waals surface area contributed by atoms with Crippen LogP contribution in [0.25, 0.3) is 0 Å². The Hall–Kier alpha value is -3.31. The lowest BCUT2D eigenvalue weighted by molar-refractivity contribution is -0.162. The number of oxime groups is 1. The first-order valence-corrected chi connectivity index (χ1v) is 9.64. The highest BCUT2D eigenvalue weighted by atomic mass is 32.2. The van der Waals surface area contributed by atoms with Crippen LogP contribution >= 0.6 is 11.3 Å². The third-order valence-electron chi connectivity index (χ3n) is 3.37. The molecule has 1 aromatic rings. The number of hydrogen-bond donors (Lipinski definition) is 4. The van der Waals surface area contributed by atoms with Gasteiger partial charge in [0.2, 0.25) is 0 Å². The number of aromatic nitrogens is 1. The summed E-state index contributed by atoms with van der Waals surface area (Å²) >= 11 is 0.939. The molecular weight excluding hydrogens is 436 g/mol. The van der Waals surface area contributed by atoms with Crippen molar-refractivity contribution in [3.8, 4) is 0 Å². The van der Waals surface area contributed by atoms with Crippen LogP contribution in [-0.4, -0.2) is 77.5 Å². The van der Waals surface area contributed by atoms with E-state index in [9.17, 15) is 27.6 Å². The lowest BCUT2D eigenvalue weighted by Gasteiger charge is -2.41. The normalized spacial score (nSPS) is 19.3. The summed E-state index contributed by atoms with van der Waals surface area (Å²) in [6.45, 7) is -0.680. The number of β-lactam (4-membered cyclic amide) rings is 1. The van der Waals surface area contributed by atoms with Crippen LogP contribution in [0.2, 0.25) is 0 Å². The van der Waals surface area contributed by atoms with E-state index in [0.29, 0.717) is 0 Å². The molecule has 6 N–H and O–H groups in total. The van der Waals surface area contributed by atoms with E-state index in [0.717, 1.165) is 18.4 Å². The van der Waals surface area contributed by atoms with E-state index >= 15 is 0 Å². The third kappa shape index (κ3) is 4.76. The Morgan fingerprint density at radius 3 is 2.59 bits per heavy atom. The van der Waals surface area contributed by atoms with Gasteiger partial charge in [-0.3, -0.25) is 18.9 Å². The van der Waals surface area contributed by atoms with Crippen molar-refractivity contribution in [2.75, 3.05) is 19.5 Å². The van der Waals surface area contributed by atoms with E-state index in [1.165, 1.54) is 5.38 Å². The van der Waals surface area contributed by atoms with Crippen molar-refractivity contribution in [3.05, 3.63) is 11.1 Å². The molecule has 1 aliphatic rings. The second kappa shape index (κ2) is 8.37. The van der Waals surface area contributed by atoms with Gasteiger partial charge in [-0.2, -0.15) is 12.7 Å². The average molecular weight is 450 g/mol. The summed E-state index contributed by atoms with van der Waals surface area (Å²) in [4.78, 5) is 55.6. The fourth-order valence-corrected chi connectivity index (χ4v) is 3.57. The topological polar surface area (TPSA) is 234 Å². The van der Waals surface area contributed by atoms with Gasteiger partial charge in [0.15, 0.2) is 23.5 Å². The van der Waals surface area contributed by atoms with Crippen LogP contribution in [0.15, 0.2) is 10.5 Å². The van der Waals surface area contributed by atoms with Crippen molar-refractivity contribution in [1.82, 2.24) is 14.6 Å². The van der Waals surface area contributed by atoms with E-state index in [1.54, 1.807) is 0 Å². The minimum absolute atomic E-state index is 0.0557. The second-order valence-corrected chi connectivity index (χ2v) is 7.46. The number of nitrogens with two attached hydrogens (primary N) is 2. The van der Waals surface area contributed by atoms with Gasteiger partial charge in [0.25, 0.3) is 17.7 Å². The molecule has 1 fully saturated rings. The number of methoxy groups -OCH3 is 1. The molecule has 0 spiro atoms. The first kappa shape index (κ1) is 22.0. The lowest BCUT2D eigenvalue weighted by atomic mass is 9.98. The lowest BCUT2D eigenvalue weighted by Crippen LogP contribution is -2.74. The SMILES string of the molecule is COC(=O)C1C(NC(=O)C(=NOCC(N)=O)c2csc(N)n2)C(=O)N1S(=O)(=O)O. The van der Waals surface area contributed by atoms with Gasteiger partial charge < -0.3 is 26.4 Å². The van der Waals surface area contributed by atoms with Gasteiger partial charge in [0.1, 0.15) is 11.7 Å². The highest BCUT2D eigenvalue weighted by Crippen LogP contribution is 2.25. The minimum atomic E-state index is -5.08. The standard InChI is InChI=1S/C12H14N6O9S2/c1-26-11(22)8-7(10(21)18(8)29(23,24)25)16-9(20)6(17-27-2-5(13)19)4-3-28-12(14)15-4/h3,7-8H,2H2,1H3,(H2,13,19)(H2,14,15)(H,16,20)(H,23,24,25). The van der Waals surface area contributed by atoms with Crippen LogP contribution < -0.4 is 16.8 Å². The largest absolute Gasteiger partial charge is 0.467 e. The fraction of sp³-hybridized carbons (Fsp3) is 0.333. The summed E-state index contributed by atoms with van der Waals surface area (Å²) < 4.78 is 35.9. The Kier molecular flexibility index (Phi) is 6.34. The Bertz CT molecular complexity index is 988. The summed E-state index contributed by atoms with van der Waals surface area (Å²) in [5, 5.41) is 6.86. The number of nitrogens with one attached hydrogen (secondary N) is 1. The van der Waals surface area contributed by atoms with Crippen molar-refractivity contribution in [3.63, 3.8) is 0 Å². The summed E-state index contributed by atoms with van der Waals surface area (Å²) in [6.07, 6.45) is 0. The number of anilines is 1. The molecule has 1 aliphatic heterocycles. The zero-order valence-corrected chi connectivity index (χ0v) is 16.1. The molecule has 0 aliphatic carbocycles. The molecule has 0 bridgehead atoms. The van der Waals surface area contributed by atoms with Gasteiger partial charge in [-0.15, -0.1) is 11.3 Å². The first-order valence-electron chi connectivity index (χ1n) is 7.36. The zero-order valence-electron chi connectivity index (χ0n) is 14.5. The molecule has 0 saturated carbocycles. The van der Waals surface area contributed by atoms with Gasteiger partial charge in [-0.05, 0) is 0 Å². The van der Waals surface area contributed by atoms with E-state index in [4.69, 9.17) is 16.0 Å². The van der Waals surface area contributed by atoms with Gasteiger partial charge in [-0.1, -0.05) is 5.16 Å². The van der Waals surface area contributed by atoms with Crippen molar-refractivity contribution < 1.29 is 41.7 Å². The van der Waals surface area contributed by atoms with Gasteiger partial charge in [0, 0.05) is 5.38 Å². The molecule has 15 nitrogen and oxygen atoms in total. The van der Waals surface area contributed by atoms with Crippen molar-refractivity contribution >= 4 is 56.2 Å². The molecule has 2 heterocycles. The van der Waals surface area contributed by atoms with Crippen molar-refractivity contribution in [2.45, 2.75) is 12.1 Å². The predicted octanol–water partition coefficient (Wildman–Crippen LogP) is -3.40. The Morgan fingerprint density at radius 2 is 2.10 bits per heavy atom. The summed E-state index contributed by atoms with van der Waals surface area (Å²) in [5.74, 6) is -4.53. The van der Waals surface area contributed by atoms with Crippen LogP contribution in [-0.2, 0) is 39.1 Å². The number of esters is 1. The number of rotatable bonds is 8. The quantitative estimate of drug-likeness (QED) is 0.100. The van der Waals surface area contributed by atoms with E-state index in [1.807, 2.05) is 0 Å². The Labute approximate surface area is 166 Å². The summed E-state index contributed by atoms with van der Waals surface area (Å²) in [6, 6.07) is -3.55. The molecule has 2 atom stereocenters. The maximum atomic E-state index is 12.5. The molecule has 1 saturated heterocycles. The monoisotopic (exact) mass is 450 g/mol. The number of ether oxygens (including phenoxy) is 1. The molecular formula is C12H14N6O9S2. The number of carbonyl (C=O) groups is 4. The van der Waals surface area contributed by atoms with Crippen molar-refractivity contribution in [1.29, 1.82) is 0 Å². The Balaban J connectivity index is 2.28. The predicted molar refractivity (Wildman–Crippen MR) is 94.3 cm³/mol. The number of primary amides is 1. The number of thiazole rings is 1. The molecule has 0 aromatic carbocycles. The number of nitrogen functional groups attached to an aromatic ring is 1. The molecule has 3 amide bonds. The highest BCUT2D eigenvalue weighted by molar-refractivity contribution is 7.84. The van der Waals surface area contributed by atoms with Gasteiger partial charge in [-0.25, -0.2) is 9.78 Å². The van der Waals surface area contributed by atoms with Crippen LogP contribution in [0.3, 0.4) is 0 Å². The number of hydrogen-bond acceptors (Lipinski definition) is 12. The van der Waals surface area contributed by atoms with Crippen LogP contribution in [0.1, 0.15) is 5.69 Å². The third-order valence-corrected chi connectivity index (χ3v) is 4.95. The number of carbonyl (C=O) groups excluding carboxylic acids is 4. The molecule has 17 heteroatoms. The van der Waals surface area contributed by atoms with Gasteiger partial charge >= 0.3 is 16.3 Å². The molecule has 1 aromatic heterocycles. The summed E-state index contributed by atoms with van der Waals surface area (Å²) in [7, 11) is -4.17. The summed E-state index contributed by atoms with van der Waals surface area (Å²) in [5.41, 5.74) is 9.75. The second-order valence-electron chi connectivity index (χ2n) is 5.28. The number of amides is 3. The maximum Gasteiger partial charge on any atom is 0.363 e. The molecule has 29 heavy (non-hydrogen) atoms. The van der Waals surface area contributed by atoms with Crippen molar-refractivity contribution in [2.24, 2.45) is 10.9 Å². The molecule has 158 valence electrons. The Morgan fingerprint density at radius 1 is 1.45 bits per heavy atom. The van der Waals surface area contributed by atoms with Crippen LogP contribution in [0, 0.1) is 0 Å². The number of nitrogens with zero attached hydrogens (tertiary/aromatic N) is 3. The smallest absolute Gasteiger partial charge is 0.363 e. The fourth-order valence-electron chi connectivity index (χ4n) is 2.18. The van der Waals surface area contributed by atoms with Crippen LogP contribution in [0.5, 0.6) is 0 Å². The average Bonchev–Trinajstić information content (AvgIpc) is 3.04. The minimum Gasteiger partial charge on any atom is -0.467 e. The van der Waals surface area contributed by atoms with E-state index < -0.39 is 58.4 Å². The molecule has 2 unspecified atom stereocenters. The first-order chi connectivity index (χ1) is 13.5. The van der Waals surface area contributed by atoms with Gasteiger partial charge in [0.05, 0.1) is 7.11 Å². The highest BCUT2D eigenvalue weighted by Gasteiger charge is 2.58. The maximum absolute atomic E-state index is 12.5. The van der Waals surface area contributed by atoms with E-state index in [2.05, 4.69) is 25.0 Å². The van der Waals surface area contributed by atoms with Crippen LogP contribution in [0.4, 0.5) is 5.13 Å².